The Bertz CT molecular complexity index is 1770. The van der Waals surface area contributed by atoms with Crippen LogP contribution < -0.4 is 5.32 Å². The molecule has 0 radical (unpaired) electrons. The van der Waals surface area contributed by atoms with Gasteiger partial charge in [0.25, 0.3) is 0 Å². The van der Waals surface area contributed by atoms with E-state index in [4.69, 9.17) is 11.6 Å². The summed E-state index contributed by atoms with van der Waals surface area (Å²) in [4.78, 5) is 53.8. The first-order valence-electron chi connectivity index (χ1n) is 14.1. The average molecular weight is 646 g/mol. The Hall–Kier alpha value is -3.35. The molecule has 2 heterocycles. The smallest absolute Gasteiger partial charge is 0.242 e. The molecule has 5 rings (SSSR count). The second-order valence-corrected chi connectivity index (χ2v) is 20.0. The van der Waals surface area contributed by atoms with Gasteiger partial charge in [0.05, 0.1) is 18.3 Å². The van der Waals surface area contributed by atoms with Crippen LogP contribution in [0.15, 0.2) is 42.6 Å². The summed E-state index contributed by atoms with van der Waals surface area (Å²) in [5.74, 6) is -2.69. The summed E-state index contributed by atoms with van der Waals surface area (Å²) in [5.41, 5.74) is 1.26. The number of nitrogens with zero attached hydrogens (tertiary/aromatic N) is 2. The number of benzene rings is 2. The summed E-state index contributed by atoms with van der Waals surface area (Å²) in [6, 6.07) is 9.01. The fraction of sp³-hybridized carbons (Fsp3) is 0.400. The normalized spacial score (nSPS) is 18.2. The van der Waals surface area contributed by atoms with Gasteiger partial charge in [-0.2, -0.15) is 0 Å². The number of fused-ring (bicyclic) bond motifs is 1. The molecule has 0 bridgehead atoms. The number of amides is 2. The molecule has 2 amide bonds. The molecule has 0 spiro atoms. The Morgan fingerprint density at radius 2 is 1.84 bits per heavy atom. The maximum atomic E-state index is 14.3. The predicted molar refractivity (Wildman–Crippen MR) is 164 cm³/mol. The van der Waals surface area contributed by atoms with Gasteiger partial charge in [0.2, 0.25) is 11.8 Å². The first-order chi connectivity index (χ1) is 20.2. The summed E-state index contributed by atoms with van der Waals surface area (Å²) in [5, 5.41) is 2.70. The van der Waals surface area contributed by atoms with Crippen molar-refractivity contribution in [2.24, 2.45) is 0 Å². The molecule has 1 saturated heterocycles. The maximum Gasteiger partial charge on any atom is 0.242 e. The van der Waals surface area contributed by atoms with Gasteiger partial charge >= 0.3 is 0 Å². The molecule has 1 N–H and O–H groups in total. The van der Waals surface area contributed by atoms with E-state index in [-0.39, 0.29) is 46.8 Å². The molecule has 0 unspecified atom stereocenters. The van der Waals surface area contributed by atoms with Crippen molar-refractivity contribution in [3.8, 4) is 0 Å². The van der Waals surface area contributed by atoms with Gasteiger partial charge in [-0.05, 0) is 50.1 Å². The van der Waals surface area contributed by atoms with Crippen molar-refractivity contribution in [2.45, 2.75) is 63.3 Å². The number of nitrogens with one attached hydrogen (secondary N) is 1. The Labute approximate surface area is 255 Å². The van der Waals surface area contributed by atoms with Gasteiger partial charge in [-0.1, -0.05) is 36.8 Å². The number of halogens is 2. The molecule has 2 aromatic carbocycles. The molecule has 1 aromatic heterocycles. The van der Waals surface area contributed by atoms with E-state index in [1.54, 1.807) is 27.8 Å². The third kappa shape index (κ3) is 6.60. The molecule has 1 atom stereocenters. The lowest BCUT2D eigenvalue weighted by Gasteiger charge is -2.25. The number of ketones is 2. The minimum absolute atomic E-state index is 0.0402. The summed E-state index contributed by atoms with van der Waals surface area (Å²) in [7, 11) is -5.45. The lowest BCUT2D eigenvalue weighted by molar-refractivity contribution is -0.138. The minimum Gasteiger partial charge on any atom is -0.350 e. The minimum atomic E-state index is -3.51. The lowest BCUT2D eigenvalue weighted by Crippen LogP contribution is -2.46. The van der Waals surface area contributed by atoms with Gasteiger partial charge in [0, 0.05) is 46.5 Å². The van der Waals surface area contributed by atoms with Crippen molar-refractivity contribution in [1.82, 2.24) is 14.8 Å². The van der Waals surface area contributed by atoms with E-state index in [1.807, 2.05) is 0 Å². The summed E-state index contributed by atoms with van der Waals surface area (Å²) in [6.07, 6.45) is 3.15. The van der Waals surface area contributed by atoms with Crippen molar-refractivity contribution in [3.63, 3.8) is 0 Å². The van der Waals surface area contributed by atoms with E-state index in [2.05, 4.69) is 18.4 Å². The molecule has 228 valence electrons. The second kappa shape index (κ2) is 11.6. The number of rotatable bonds is 10. The molecule has 43 heavy (non-hydrogen) atoms. The number of sulfone groups is 1. The van der Waals surface area contributed by atoms with Gasteiger partial charge in [0.1, 0.15) is 24.2 Å². The van der Waals surface area contributed by atoms with Crippen molar-refractivity contribution in [1.29, 1.82) is 0 Å². The van der Waals surface area contributed by atoms with Crippen molar-refractivity contribution in [3.05, 3.63) is 70.1 Å². The summed E-state index contributed by atoms with van der Waals surface area (Å²) < 4.78 is 40.7. The molecular formula is C30H33ClFN3O6SSi. The number of aromatic nitrogens is 1. The van der Waals surface area contributed by atoms with E-state index >= 15 is 0 Å². The highest BCUT2D eigenvalue weighted by Crippen LogP contribution is 2.31. The first kappa shape index (κ1) is 31.1. The zero-order valence-corrected chi connectivity index (χ0v) is 26.7. The van der Waals surface area contributed by atoms with Gasteiger partial charge < -0.3 is 14.8 Å². The van der Waals surface area contributed by atoms with Crippen LogP contribution in [0.1, 0.15) is 46.0 Å². The summed E-state index contributed by atoms with van der Waals surface area (Å²) >= 11 is 5.86. The van der Waals surface area contributed by atoms with Crippen LogP contribution in [0.2, 0.25) is 24.2 Å². The molecule has 2 aliphatic rings. The van der Waals surface area contributed by atoms with Crippen LogP contribution in [-0.2, 0) is 32.5 Å². The third-order valence-electron chi connectivity index (χ3n) is 8.08. The molecule has 1 aliphatic heterocycles. The predicted octanol–water partition coefficient (Wildman–Crippen LogP) is 4.17. The lowest BCUT2D eigenvalue weighted by atomic mass is 10.1. The second-order valence-electron chi connectivity index (χ2n) is 12.2. The Morgan fingerprint density at radius 3 is 2.51 bits per heavy atom. The van der Waals surface area contributed by atoms with Crippen molar-refractivity contribution in [2.75, 3.05) is 11.9 Å². The standard InChI is InChI=1S/C30H33ClFN3O6SSi/c1-18(36)23-13-34(25-10-7-19(11-22(23)25)27(37)15-42(40,41)21-8-9-21)14-28(38)35-17-43(2,3)16-26(35)30(39)33-12-20-5-4-6-24(31)29(20)32/h4-7,10-11,13,21,26H,8-9,12,14-17H2,1-3H3,(H,33,39)/t26-/m0/s1. The topological polar surface area (TPSA) is 123 Å². The van der Waals surface area contributed by atoms with Crippen molar-refractivity contribution >= 4 is 63.8 Å². The molecule has 3 aromatic rings. The van der Waals surface area contributed by atoms with E-state index in [0.29, 0.717) is 41.5 Å². The van der Waals surface area contributed by atoms with Crippen LogP contribution in [0, 0.1) is 5.82 Å². The molecule has 13 heteroatoms. The highest BCUT2D eigenvalue weighted by atomic mass is 35.5. The summed E-state index contributed by atoms with van der Waals surface area (Å²) in [6.45, 7) is 5.35. The quantitative estimate of drug-likeness (QED) is 0.261. The van der Waals surface area contributed by atoms with Gasteiger partial charge in [-0.15, -0.1) is 0 Å². The maximum absolute atomic E-state index is 14.3. The highest BCUT2D eigenvalue weighted by Gasteiger charge is 2.44. The monoisotopic (exact) mass is 645 g/mol. The number of hydrogen-bond donors (Lipinski definition) is 1. The number of Topliss-reactive ketones (excluding diaryl/α,β-unsaturated/α-hetero) is 2. The Kier molecular flexibility index (Phi) is 8.40. The zero-order valence-electron chi connectivity index (χ0n) is 24.2. The number of hydrogen-bond acceptors (Lipinski definition) is 6. The van der Waals surface area contributed by atoms with E-state index in [1.165, 1.54) is 31.2 Å². The number of carbonyl (C=O) groups excluding carboxylic acids is 4. The van der Waals surface area contributed by atoms with Crippen LogP contribution in [0.4, 0.5) is 4.39 Å². The van der Waals surface area contributed by atoms with E-state index in [0.717, 1.165) is 0 Å². The zero-order chi connectivity index (χ0) is 31.3. The molecule has 2 fully saturated rings. The molecule has 1 aliphatic carbocycles. The third-order valence-corrected chi connectivity index (χ3v) is 13.2. The van der Waals surface area contributed by atoms with Crippen LogP contribution in [0.3, 0.4) is 0 Å². The van der Waals surface area contributed by atoms with E-state index in [9.17, 15) is 32.0 Å². The van der Waals surface area contributed by atoms with E-state index < -0.39 is 46.6 Å². The fourth-order valence-corrected chi connectivity index (χ4v) is 10.4. The van der Waals surface area contributed by atoms with Crippen LogP contribution in [0.25, 0.3) is 10.9 Å². The first-order valence-corrected chi connectivity index (χ1v) is 19.6. The van der Waals surface area contributed by atoms with Crippen LogP contribution in [-0.4, -0.2) is 72.6 Å². The van der Waals surface area contributed by atoms with Crippen LogP contribution >= 0.6 is 11.6 Å². The Balaban J connectivity index is 1.36. The van der Waals surface area contributed by atoms with Crippen molar-refractivity contribution < 1.29 is 32.0 Å². The average Bonchev–Trinajstić information content (AvgIpc) is 3.67. The largest absolute Gasteiger partial charge is 0.350 e. The number of carbonyl (C=O) groups is 4. The van der Waals surface area contributed by atoms with Gasteiger partial charge in [-0.25, -0.2) is 12.8 Å². The SMILES string of the molecule is CC(=O)c1cn(CC(=O)N2C[Si](C)(C)C[C@H]2C(=O)NCc2cccc(Cl)c2F)c2ccc(C(=O)CS(=O)(=O)C3CC3)cc12. The Morgan fingerprint density at radius 1 is 1.12 bits per heavy atom. The fourth-order valence-electron chi connectivity index (χ4n) is 5.68. The molecule has 1 saturated carbocycles. The van der Waals surface area contributed by atoms with Gasteiger partial charge in [0.15, 0.2) is 21.4 Å². The van der Waals surface area contributed by atoms with Gasteiger partial charge in [-0.3, -0.25) is 19.2 Å². The molecular weight excluding hydrogens is 613 g/mol. The highest BCUT2D eigenvalue weighted by molar-refractivity contribution is 7.93. The molecule has 9 nitrogen and oxygen atoms in total. The van der Waals surface area contributed by atoms with Crippen LogP contribution in [0.5, 0.6) is 0 Å².